The summed E-state index contributed by atoms with van der Waals surface area (Å²) < 4.78 is 13.1. The summed E-state index contributed by atoms with van der Waals surface area (Å²) in [6, 6.07) is 0. The molecule has 1 saturated heterocycles. The van der Waals surface area contributed by atoms with Crippen LogP contribution in [-0.4, -0.2) is 64.4 Å². The maximum atomic E-state index is 6.49. The maximum Gasteiger partial charge on any atom is 0.223 e. The van der Waals surface area contributed by atoms with Crippen molar-refractivity contribution in [2.24, 2.45) is 0 Å². The topological polar surface area (TPSA) is 91.3 Å². The molecule has 9 heteroatoms. The molecule has 0 aliphatic carbocycles. The van der Waals surface area contributed by atoms with Crippen molar-refractivity contribution in [2.75, 3.05) is 45.7 Å². The SMILES string of the molecule is COc1c(C)cnc(Cn2cc(CCN3CCOCC3)c3c(Cl)nc(N)nc32)c1C. The van der Waals surface area contributed by atoms with Crippen LogP contribution < -0.4 is 10.5 Å². The Labute approximate surface area is 181 Å². The van der Waals surface area contributed by atoms with Crippen LogP contribution in [0.15, 0.2) is 12.4 Å². The zero-order valence-corrected chi connectivity index (χ0v) is 18.4. The lowest BCUT2D eigenvalue weighted by Crippen LogP contribution is -2.37. The molecule has 0 saturated carbocycles. The number of morpholine rings is 1. The minimum Gasteiger partial charge on any atom is -0.496 e. The maximum absolute atomic E-state index is 6.49. The average Bonchev–Trinajstić information content (AvgIpc) is 3.07. The summed E-state index contributed by atoms with van der Waals surface area (Å²) in [6.45, 7) is 8.94. The van der Waals surface area contributed by atoms with E-state index in [4.69, 9.17) is 26.8 Å². The second-order valence-corrected chi connectivity index (χ2v) is 7.96. The Morgan fingerprint density at radius 3 is 2.73 bits per heavy atom. The molecule has 0 amide bonds. The van der Waals surface area contributed by atoms with E-state index in [9.17, 15) is 0 Å². The van der Waals surface area contributed by atoms with Crippen LogP contribution in [-0.2, 0) is 17.7 Å². The molecule has 1 aliphatic rings. The molecule has 160 valence electrons. The van der Waals surface area contributed by atoms with Gasteiger partial charge in [0.25, 0.3) is 0 Å². The predicted octanol–water partition coefficient (Wildman–Crippen LogP) is 2.61. The summed E-state index contributed by atoms with van der Waals surface area (Å²) in [6.07, 6.45) is 4.78. The summed E-state index contributed by atoms with van der Waals surface area (Å²) in [5.41, 5.74) is 10.7. The van der Waals surface area contributed by atoms with Crippen LogP contribution >= 0.6 is 11.6 Å². The van der Waals surface area contributed by atoms with Gasteiger partial charge in [0, 0.05) is 43.2 Å². The number of hydrogen-bond donors (Lipinski definition) is 1. The molecule has 4 rings (SSSR count). The molecule has 30 heavy (non-hydrogen) atoms. The van der Waals surface area contributed by atoms with Crippen molar-refractivity contribution < 1.29 is 9.47 Å². The summed E-state index contributed by atoms with van der Waals surface area (Å²) in [5.74, 6) is 1.02. The van der Waals surface area contributed by atoms with Gasteiger partial charge in [-0.3, -0.25) is 9.88 Å². The van der Waals surface area contributed by atoms with Crippen molar-refractivity contribution in [2.45, 2.75) is 26.8 Å². The van der Waals surface area contributed by atoms with Gasteiger partial charge in [0.2, 0.25) is 5.95 Å². The number of ether oxygens (including phenoxy) is 2. The lowest BCUT2D eigenvalue weighted by Gasteiger charge is -2.26. The molecule has 0 unspecified atom stereocenters. The van der Waals surface area contributed by atoms with Crippen LogP contribution in [0, 0.1) is 13.8 Å². The number of halogens is 1. The Bertz CT molecular complexity index is 1060. The first kappa shape index (κ1) is 20.8. The van der Waals surface area contributed by atoms with Crippen molar-refractivity contribution >= 4 is 28.6 Å². The van der Waals surface area contributed by atoms with Crippen molar-refractivity contribution in [3.63, 3.8) is 0 Å². The van der Waals surface area contributed by atoms with Crippen LogP contribution in [0.5, 0.6) is 5.75 Å². The van der Waals surface area contributed by atoms with E-state index in [1.54, 1.807) is 7.11 Å². The van der Waals surface area contributed by atoms with Crippen LogP contribution in [0.25, 0.3) is 11.0 Å². The molecule has 0 aromatic carbocycles. The molecule has 1 aliphatic heterocycles. The number of aromatic nitrogens is 4. The summed E-state index contributed by atoms with van der Waals surface area (Å²) in [7, 11) is 1.68. The van der Waals surface area contributed by atoms with Crippen LogP contribution in [0.3, 0.4) is 0 Å². The van der Waals surface area contributed by atoms with Gasteiger partial charge in [-0.1, -0.05) is 11.6 Å². The van der Waals surface area contributed by atoms with E-state index in [2.05, 4.69) is 30.6 Å². The molecule has 2 N–H and O–H groups in total. The zero-order chi connectivity index (χ0) is 21.3. The van der Waals surface area contributed by atoms with Crippen molar-refractivity contribution in [3.8, 4) is 5.75 Å². The highest BCUT2D eigenvalue weighted by molar-refractivity contribution is 6.34. The third kappa shape index (κ3) is 4.08. The number of hydrogen-bond acceptors (Lipinski definition) is 7. The summed E-state index contributed by atoms with van der Waals surface area (Å²) in [4.78, 5) is 15.7. The Balaban J connectivity index is 1.69. The fourth-order valence-electron chi connectivity index (χ4n) is 4.04. The van der Waals surface area contributed by atoms with Gasteiger partial charge < -0.3 is 19.8 Å². The largest absolute Gasteiger partial charge is 0.496 e. The van der Waals surface area contributed by atoms with Crippen LogP contribution in [0.2, 0.25) is 5.15 Å². The van der Waals surface area contributed by atoms with E-state index in [1.165, 1.54) is 0 Å². The second kappa shape index (κ2) is 8.75. The molecule has 3 aromatic heterocycles. The third-order valence-electron chi connectivity index (χ3n) is 5.64. The van der Waals surface area contributed by atoms with E-state index >= 15 is 0 Å². The highest BCUT2D eigenvalue weighted by atomic mass is 35.5. The molecular weight excluding hydrogens is 404 g/mol. The molecule has 4 heterocycles. The monoisotopic (exact) mass is 430 g/mol. The van der Waals surface area contributed by atoms with Gasteiger partial charge in [-0.2, -0.15) is 4.98 Å². The number of fused-ring (bicyclic) bond motifs is 1. The lowest BCUT2D eigenvalue weighted by atomic mass is 10.1. The summed E-state index contributed by atoms with van der Waals surface area (Å²) in [5, 5.41) is 1.25. The molecule has 0 atom stereocenters. The molecule has 0 bridgehead atoms. The molecule has 3 aromatic rings. The number of nitrogen functional groups attached to an aromatic ring is 1. The van der Waals surface area contributed by atoms with Gasteiger partial charge in [-0.25, -0.2) is 4.98 Å². The number of pyridine rings is 1. The molecular formula is C21H27ClN6O2. The van der Waals surface area contributed by atoms with E-state index in [-0.39, 0.29) is 5.95 Å². The standard InChI is InChI=1S/C21H27ClN6O2/c1-13-10-24-16(14(2)18(13)29-3)12-28-11-15(4-5-27-6-8-30-9-7-27)17-19(22)25-21(23)26-20(17)28/h10-11H,4-9,12H2,1-3H3,(H2,23,25,26). The molecule has 1 fully saturated rings. The fourth-order valence-corrected chi connectivity index (χ4v) is 4.33. The quantitative estimate of drug-likeness (QED) is 0.601. The van der Waals surface area contributed by atoms with E-state index in [0.29, 0.717) is 11.7 Å². The second-order valence-electron chi connectivity index (χ2n) is 7.60. The highest BCUT2D eigenvalue weighted by Crippen LogP contribution is 2.30. The Hall–Kier alpha value is -2.42. The third-order valence-corrected chi connectivity index (χ3v) is 5.91. The van der Waals surface area contributed by atoms with Crippen molar-refractivity contribution in [1.29, 1.82) is 0 Å². The zero-order valence-electron chi connectivity index (χ0n) is 17.6. The fraction of sp³-hybridized carbons (Fsp3) is 0.476. The van der Waals surface area contributed by atoms with Crippen molar-refractivity contribution in [1.82, 2.24) is 24.4 Å². The van der Waals surface area contributed by atoms with Gasteiger partial charge >= 0.3 is 0 Å². The van der Waals surface area contributed by atoms with Gasteiger partial charge in [0.05, 0.1) is 37.9 Å². The van der Waals surface area contributed by atoms with Gasteiger partial charge in [-0.15, -0.1) is 0 Å². The first-order chi connectivity index (χ1) is 14.5. The van der Waals surface area contributed by atoms with E-state index < -0.39 is 0 Å². The Morgan fingerprint density at radius 2 is 2.00 bits per heavy atom. The van der Waals surface area contributed by atoms with E-state index in [1.807, 2.05) is 20.0 Å². The number of nitrogens with zero attached hydrogens (tertiary/aromatic N) is 5. The normalized spacial score (nSPS) is 15.1. The Kier molecular flexibility index (Phi) is 6.08. The minimum absolute atomic E-state index is 0.165. The Morgan fingerprint density at radius 1 is 1.23 bits per heavy atom. The van der Waals surface area contributed by atoms with Crippen LogP contribution in [0.1, 0.15) is 22.4 Å². The predicted molar refractivity (Wildman–Crippen MR) is 117 cm³/mol. The van der Waals surface area contributed by atoms with Crippen LogP contribution in [0.4, 0.5) is 5.95 Å². The van der Waals surface area contributed by atoms with Gasteiger partial charge in [-0.05, 0) is 25.8 Å². The first-order valence-corrected chi connectivity index (χ1v) is 10.5. The molecule has 8 nitrogen and oxygen atoms in total. The smallest absolute Gasteiger partial charge is 0.223 e. The van der Waals surface area contributed by atoms with Crippen molar-refractivity contribution in [3.05, 3.63) is 39.9 Å². The summed E-state index contributed by atoms with van der Waals surface area (Å²) >= 11 is 6.49. The lowest BCUT2D eigenvalue weighted by molar-refractivity contribution is 0.0385. The van der Waals surface area contributed by atoms with Gasteiger partial charge in [0.15, 0.2) is 0 Å². The highest BCUT2D eigenvalue weighted by Gasteiger charge is 2.19. The number of rotatable bonds is 6. The number of anilines is 1. The molecule has 0 radical (unpaired) electrons. The number of nitrogens with two attached hydrogens (primary N) is 1. The minimum atomic E-state index is 0.165. The average molecular weight is 431 g/mol. The number of aryl methyl sites for hydroxylation is 1. The first-order valence-electron chi connectivity index (χ1n) is 10.1. The molecule has 0 spiro atoms. The van der Waals surface area contributed by atoms with Gasteiger partial charge in [0.1, 0.15) is 16.5 Å². The number of methoxy groups -OCH3 is 1. The van der Waals surface area contributed by atoms with E-state index in [0.717, 1.165) is 78.4 Å².